The molecule has 8 nitrogen and oxygen atoms in total. The van der Waals surface area contributed by atoms with Crippen LogP contribution in [-0.2, 0) is 20.7 Å². The van der Waals surface area contributed by atoms with E-state index >= 15 is 0 Å². The number of rotatable bonds is 18. The molecular weight excluding hydrogens is 496 g/mol. The summed E-state index contributed by atoms with van der Waals surface area (Å²) in [6.07, 6.45) is 5.16. The minimum absolute atomic E-state index is 0.0258. The molecule has 4 N–H and O–H groups in total. The molecule has 1 fully saturated rings. The largest absolute Gasteiger partial charge is 0.493 e. The third-order valence-electron chi connectivity index (χ3n) is 7.90. The predicted octanol–water partition coefficient (Wildman–Crippen LogP) is 4.35. The van der Waals surface area contributed by atoms with E-state index in [1.165, 1.54) is 0 Å². The lowest BCUT2D eigenvalue weighted by atomic mass is 9.81. The number of nitrogens with one attached hydrogen (secondary N) is 1. The first-order chi connectivity index (χ1) is 18.7. The van der Waals surface area contributed by atoms with Crippen molar-refractivity contribution < 1.29 is 28.8 Å². The number of methoxy groups -OCH3 is 2. The number of carbonyl (C=O) groups excluding carboxylic acids is 1. The van der Waals surface area contributed by atoms with Crippen LogP contribution in [0, 0.1) is 23.7 Å². The lowest BCUT2D eigenvalue weighted by Crippen LogP contribution is -2.44. The minimum Gasteiger partial charge on any atom is -0.493 e. The van der Waals surface area contributed by atoms with Crippen molar-refractivity contribution in [3.8, 4) is 11.5 Å². The van der Waals surface area contributed by atoms with Crippen LogP contribution in [0.4, 0.5) is 0 Å². The highest BCUT2D eigenvalue weighted by Crippen LogP contribution is 2.32. The summed E-state index contributed by atoms with van der Waals surface area (Å²) in [4.78, 5) is 13.0. The summed E-state index contributed by atoms with van der Waals surface area (Å²) in [6.45, 7) is 10.9. The van der Waals surface area contributed by atoms with Gasteiger partial charge in [-0.3, -0.25) is 4.79 Å². The molecule has 0 spiro atoms. The molecule has 1 aliphatic rings. The lowest BCUT2D eigenvalue weighted by Gasteiger charge is -2.30. The van der Waals surface area contributed by atoms with Gasteiger partial charge in [0.1, 0.15) is 0 Å². The topological polar surface area (TPSA) is 112 Å². The van der Waals surface area contributed by atoms with Gasteiger partial charge in [0.05, 0.1) is 25.9 Å². The maximum absolute atomic E-state index is 13.0. The molecule has 1 aromatic carbocycles. The Morgan fingerprint density at radius 1 is 1.10 bits per heavy atom. The molecule has 2 rings (SSSR count). The second-order valence-corrected chi connectivity index (χ2v) is 11.7. The van der Waals surface area contributed by atoms with Crippen LogP contribution >= 0.6 is 0 Å². The molecule has 1 heterocycles. The van der Waals surface area contributed by atoms with Crippen LogP contribution in [0.25, 0.3) is 0 Å². The van der Waals surface area contributed by atoms with E-state index in [4.69, 9.17) is 24.7 Å². The third kappa shape index (κ3) is 11.6. The van der Waals surface area contributed by atoms with Crippen molar-refractivity contribution in [2.75, 3.05) is 40.6 Å². The average Bonchev–Trinajstić information content (AvgIpc) is 2.92. The summed E-state index contributed by atoms with van der Waals surface area (Å²) >= 11 is 0. The van der Waals surface area contributed by atoms with Crippen LogP contribution in [0.5, 0.6) is 11.5 Å². The maximum Gasteiger partial charge on any atom is 0.223 e. The Morgan fingerprint density at radius 2 is 1.87 bits per heavy atom. The Kier molecular flexibility index (Phi) is 15.2. The van der Waals surface area contributed by atoms with Gasteiger partial charge in [-0.25, -0.2) is 0 Å². The van der Waals surface area contributed by atoms with Gasteiger partial charge in [-0.05, 0) is 74.0 Å². The predicted molar refractivity (Wildman–Crippen MR) is 155 cm³/mol. The third-order valence-corrected chi connectivity index (χ3v) is 7.90. The van der Waals surface area contributed by atoms with Crippen LogP contribution in [-0.4, -0.2) is 69.8 Å². The van der Waals surface area contributed by atoms with Crippen molar-refractivity contribution in [1.82, 2.24) is 5.32 Å². The second-order valence-electron chi connectivity index (χ2n) is 11.7. The van der Waals surface area contributed by atoms with E-state index in [0.29, 0.717) is 44.3 Å². The van der Waals surface area contributed by atoms with Gasteiger partial charge in [0.15, 0.2) is 11.5 Å². The molecule has 0 aliphatic carbocycles. The fourth-order valence-corrected chi connectivity index (χ4v) is 5.18. The molecule has 39 heavy (non-hydrogen) atoms. The molecule has 0 bridgehead atoms. The van der Waals surface area contributed by atoms with Crippen molar-refractivity contribution in [2.45, 2.75) is 90.9 Å². The van der Waals surface area contributed by atoms with E-state index in [0.717, 1.165) is 50.0 Å². The van der Waals surface area contributed by atoms with Crippen LogP contribution in [0.15, 0.2) is 18.2 Å². The fourth-order valence-electron chi connectivity index (χ4n) is 5.18. The molecule has 0 aromatic heterocycles. The van der Waals surface area contributed by atoms with Crippen molar-refractivity contribution in [1.29, 1.82) is 0 Å². The molecule has 5 atom stereocenters. The van der Waals surface area contributed by atoms with Crippen LogP contribution in [0.1, 0.15) is 71.8 Å². The first-order valence-corrected chi connectivity index (χ1v) is 14.8. The van der Waals surface area contributed by atoms with Crippen LogP contribution < -0.4 is 20.5 Å². The number of amides is 1. The Labute approximate surface area is 236 Å². The quantitative estimate of drug-likeness (QED) is 0.233. The molecule has 1 aromatic rings. The van der Waals surface area contributed by atoms with Gasteiger partial charge in [0.25, 0.3) is 0 Å². The molecule has 8 heteroatoms. The number of nitrogens with two attached hydrogens (primary N) is 1. The first kappa shape index (κ1) is 33.3. The molecule has 0 radical (unpaired) electrons. The van der Waals surface area contributed by atoms with Crippen LogP contribution in [0.2, 0.25) is 0 Å². The summed E-state index contributed by atoms with van der Waals surface area (Å²) in [5.41, 5.74) is 7.70. The number of hydrogen-bond acceptors (Lipinski definition) is 7. The summed E-state index contributed by atoms with van der Waals surface area (Å²) < 4.78 is 22.3. The summed E-state index contributed by atoms with van der Waals surface area (Å²) in [7, 11) is 3.32. The highest BCUT2D eigenvalue weighted by Gasteiger charge is 2.30. The molecule has 224 valence electrons. The standard InChI is InChI=1S/C31H54N2O6/c1-21(2)24(16-23-11-12-29(37-6)30(17-23)39-15-9-13-36-5)18-27(32)28(34)19-26(22(3)4)31(35)33-20-25-10-7-8-14-38-25/h11-12,17,21-22,24-28,34H,7-10,13-16,18-20,32H2,1-6H3,(H,33,35)/t24-,25-,26-,27-,28-/m0/s1. The SMILES string of the molecule is COCCCOc1cc(C[C@@H](C[C@H](N)[C@@H](O)C[C@H](C(=O)NC[C@@H]2CCCCO2)C(C)C)C(C)C)ccc1OC. The minimum atomic E-state index is -0.758. The number of carbonyl (C=O) groups is 1. The number of aliphatic hydroxyl groups excluding tert-OH is 1. The van der Waals surface area contributed by atoms with Gasteiger partial charge in [-0.1, -0.05) is 33.8 Å². The average molecular weight is 551 g/mol. The smallest absolute Gasteiger partial charge is 0.223 e. The van der Waals surface area contributed by atoms with Gasteiger partial charge in [-0.2, -0.15) is 0 Å². The molecule has 1 amide bonds. The van der Waals surface area contributed by atoms with Crippen molar-refractivity contribution >= 4 is 5.91 Å². The number of hydrogen-bond donors (Lipinski definition) is 3. The van der Waals surface area contributed by atoms with E-state index in [2.05, 4.69) is 25.2 Å². The monoisotopic (exact) mass is 550 g/mol. The fraction of sp³-hybridized carbons (Fsp3) is 0.774. The van der Waals surface area contributed by atoms with Crippen LogP contribution in [0.3, 0.4) is 0 Å². The molecule has 0 saturated carbocycles. The van der Waals surface area contributed by atoms with E-state index in [1.54, 1.807) is 14.2 Å². The number of ether oxygens (including phenoxy) is 4. The van der Waals surface area contributed by atoms with Gasteiger partial charge in [0.2, 0.25) is 5.91 Å². The van der Waals surface area contributed by atoms with Gasteiger partial charge >= 0.3 is 0 Å². The summed E-state index contributed by atoms with van der Waals surface area (Å²) in [5.74, 6) is 1.84. The molecule has 1 saturated heterocycles. The zero-order valence-electron chi connectivity index (χ0n) is 25.1. The highest BCUT2D eigenvalue weighted by molar-refractivity contribution is 5.78. The zero-order chi connectivity index (χ0) is 28.8. The lowest BCUT2D eigenvalue weighted by molar-refractivity contribution is -0.128. The Bertz CT molecular complexity index is 827. The van der Waals surface area contributed by atoms with Crippen molar-refractivity contribution in [3.05, 3.63) is 23.8 Å². The Balaban J connectivity index is 1.97. The number of aliphatic hydroxyl groups is 1. The first-order valence-electron chi connectivity index (χ1n) is 14.8. The number of benzene rings is 1. The van der Waals surface area contributed by atoms with Gasteiger partial charge in [-0.15, -0.1) is 0 Å². The van der Waals surface area contributed by atoms with Crippen molar-refractivity contribution in [3.63, 3.8) is 0 Å². The normalized spacial score (nSPS) is 19.0. The Morgan fingerprint density at radius 3 is 2.49 bits per heavy atom. The highest BCUT2D eigenvalue weighted by atomic mass is 16.5. The maximum atomic E-state index is 13.0. The molecular formula is C31H54N2O6. The summed E-state index contributed by atoms with van der Waals surface area (Å²) in [6, 6.07) is 5.62. The Hall–Kier alpha value is -1.87. The van der Waals surface area contributed by atoms with E-state index in [9.17, 15) is 9.90 Å². The van der Waals surface area contributed by atoms with Gasteiger partial charge in [0, 0.05) is 45.2 Å². The van der Waals surface area contributed by atoms with E-state index < -0.39 is 12.1 Å². The van der Waals surface area contributed by atoms with E-state index in [-0.39, 0.29) is 29.8 Å². The van der Waals surface area contributed by atoms with Crippen molar-refractivity contribution in [2.24, 2.45) is 29.4 Å². The van der Waals surface area contributed by atoms with Gasteiger partial charge < -0.3 is 35.1 Å². The molecule has 0 unspecified atom stereocenters. The zero-order valence-corrected chi connectivity index (χ0v) is 25.1. The second kappa shape index (κ2) is 17.7. The summed E-state index contributed by atoms with van der Waals surface area (Å²) in [5, 5.41) is 14.1. The van der Waals surface area contributed by atoms with E-state index in [1.807, 2.05) is 26.0 Å². The molecule has 1 aliphatic heterocycles.